The van der Waals surface area contributed by atoms with E-state index in [4.69, 9.17) is 9.47 Å². The number of fused-ring (bicyclic) bond motifs is 1. The third kappa shape index (κ3) is 3.86. The third-order valence-corrected chi connectivity index (χ3v) is 9.67. The summed E-state index contributed by atoms with van der Waals surface area (Å²) in [5, 5.41) is 0. The van der Waals surface area contributed by atoms with Gasteiger partial charge in [-0.3, -0.25) is 9.69 Å². The molecule has 194 valence electrons. The van der Waals surface area contributed by atoms with Crippen LogP contribution < -0.4 is 4.90 Å². The predicted molar refractivity (Wildman–Crippen MR) is 128 cm³/mol. The molecule has 5 fully saturated rings. The fourth-order valence-corrected chi connectivity index (χ4v) is 7.72. The van der Waals surface area contributed by atoms with E-state index in [1.165, 1.54) is 18.6 Å². The second-order valence-corrected chi connectivity index (χ2v) is 11.6. The molecule has 0 N–H and O–H groups in total. The minimum atomic E-state index is -4.34. The number of piperazine rings is 1. The molecular formula is C26H34ClF3N2O3. The molecule has 9 heteroatoms. The zero-order chi connectivity index (χ0) is 23.9. The molecular weight excluding hydrogens is 481 g/mol. The Labute approximate surface area is 210 Å². The quantitative estimate of drug-likeness (QED) is 0.423. The van der Waals surface area contributed by atoms with Crippen molar-refractivity contribution in [3.05, 3.63) is 29.8 Å². The van der Waals surface area contributed by atoms with Crippen molar-refractivity contribution in [2.75, 3.05) is 37.6 Å². The summed E-state index contributed by atoms with van der Waals surface area (Å²) in [6, 6.07) is 5.54. The van der Waals surface area contributed by atoms with Crippen molar-refractivity contribution in [1.29, 1.82) is 0 Å². The summed E-state index contributed by atoms with van der Waals surface area (Å²) in [4.78, 5) is 17.2. The van der Waals surface area contributed by atoms with Gasteiger partial charge in [0, 0.05) is 49.7 Å². The Morgan fingerprint density at radius 1 is 1.09 bits per heavy atom. The number of ether oxygens (including phenoxy) is 2. The van der Waals surface area contributed by atoms with Gasteiger partial charge in [0.15, 0.2) is 0 Å². The second kappa shape index (κ2) is 8.25. The summed E-state index contributed by atoms with van der Waals surface area (Å²) in [7, 11) is 0. The number of epoxide rings is 1. The Kier molecular flexibility index (Phi) is 5.93. The molecule has 1 aromatic carbocycles. The number of anilines is 1. The van der Waals surface area contributed by atoms with Gasteiger partial charge in [0.05, 0.1) is 17.1 Å². The zero-order valence-corrected chi connectivity index (χ0v) is 21.1. The number of carbonyl (C=O) groups excluding carboxylic acids is 1. The largest absolute Gasteiger partial charge is 0.462 e. The van der Waals surface area contributed by atoms with Gasteiger partial charge in [-0.2, -0.15) is 13.2 Å². The minimum Gasteiger partial charge on any atom is -0.462 e. The minimum absolute atomic E-state index is 0. The fourth-order valence-electron chi connectivity index (χ4n) is 7.72. The van der Waals surface area contributed by atoms with E-state index in [2.05, 4.69) is 18.7 Å². The van der Waals surface area contributed by atoms with Crippen LogP contribution in [0.3, 0.4) is 0 Å². The SMILES string of the molecule is C[C@]12CCC[C@@]3(C)O[C@@]13C[C@@H]1C(CN3CCN(c4cccc(C(F)(F)F)c4)CC3)C(=O)O[C@@H]1C2.Cl. The first kappa shape index (κ1) is 25.2. The van der Waals surface area contributed by atoms with Gasteiger partial charge >= 0.3 is 12.1 Å². The van der Waals surface area contributed by atoms with Gasteiger partial charge in [0.1, 0.15) is 11.7 Å². The number of hydrogen-bond donors (Lipinski definition) is 0. The van der Waals surface area contributed by atoms with Crippen LogP contribution in [0.4, 0.5) is 18.9 Å². The van der Waals surface area contributed by atoms with Gasteiger partial charge in [0.2, 0.25) is 0 Å². The summed E-state index contributed by atoms with van der Waals surface area (Å²) in [5.74, 6) is -0.0577. The molecule has 1 unspecified atom stereocenters. The first-order chi connectivity index (χ1) is 16.0. The Morgan fingerprint density at radius 2 is 1.83 bits per heavy atom. The smallest absolute Gasteiger partial charge is 0.416 e. The lowest BCUT2D eigenvalue weighted by Gasteiger charge is -2.48. The van der Waals surface area contributed by atoms with Crippen molar-refractivity contribution in [2.24, 2.45) is 17.3 Å². The van der Waals surface area contributed by atoms with E-state index >= 15 is 0 Å². The number of benzene rings is 1. The number of hydrogen-bond acceptors (Lipinski definition) is 5. The van der Waals surface area contributed by atoms with Gasteiger partial charge in [-0.15, -0.1) is 12.4 Å². The van der Waals surface area contributed by atoms with E-state index in [0.717, 1.165) is 31.7 Å². The van der Waals surface area contributed by atoms with Crippen LogP contribution in [0.15, 0.2) is 24.3 Å². The van der Waals surface area contributed by atoms with Crippen LogP contribution in [0.2, 0.25) is 0 Å². The lowest BCUT2D eigenvalue weighted by Crippen LogP contribution is -2.54. The van der Waals surface area contributed by atoms with Crippen molar-refractivity contribution in [3.63, 3.8) is 0 Å². The van der Waals surface area contributed by atoms with Gasteiger partial charge < -0.3 is 14.4 Å². The van der Waals surface area contributed by atoms with Gasteiger partial charge in [-0.25, -0.2) is 0 Å². The molecule has 0 amide bonds. The van der Waals surface area contributed by atoms with Gasteiger partial charge in [-0.1, -0.05) is 13.0 Å². The first-order valence-electron chi connectivity index (χ1n) is 12.6. The zero-order valence-electron chi connectivity index (χ0n) is 20.3. The maximum Gasteiger partial charge on any atom is 0.416 e. The molecule has 5 nitrogen and oxygen atoms in total. The van der Waals surface area contributed by atoms with E-state index in [1.807, 2.05) is 4.90 Å². The standard InChI is InChI=1S/C26H33F3N2O3.ClH/c1-23-7-4-8-24(2)25(23,34-24)14-19-20(22(32)33-21(19)15-23)16-30-9-11-31(12-10-30)18-6-3-5-17(13-18)26(27,28)29;/h3,5-6,13,19-21H,4,7-12,14-16H2,1-2H3;1H/t19-,20?,21-,23-,24-,25+;/m1./s1. The van der Waals surface area contributed by atoms with Crippen LogP contribution in [0.1, 0.15) is 51.5 Å². The van der Waals surface area contributed by atoms with E-state index in [0.29, 0.717) is 38.4 Å². The van der Waals surface area contributed by atoms with E-state index in [1.54, 1.807) is 6.07 Å². The fraction of sp³-hybridized carbons (Fsp3) is 0.731. The topological polar surface area (TPSA) is 45.3 Å². The lowest BCUT2D eigenvalue weighted by molar-refractivity contribution is -0.146. The van der Waals surface area contributed by atoms with Gasteiger partial charge in [0.25, 0.3) is 0 Å². The molecule has 2 saturated carbocycles. The molecule has 5 aliphatic rings. The molecule has 6 rings (SSSR count). The van der Waals surface area contributed by atoms with E-state index in [-0.39, 0.29) is 52.9 Å². The summed E-state index contributed by atoms with van der Waals surface area (Å²) in [6.45, 7) is 7.93. The van der Waals surface area contributed by atoms with Crippen molar-refractivity contribution >= 4 is 24.1 Å². The van der Waals surface area contributed by atoms with Gasteiger partial charge in [-0.05, 0) is 57.2 Å². The number of alkyl halides is 3. The highest BCUT2D eigenvalue weighted by Gasteiger charge is 2.79. The molecule has 0 aromatic heterocycles. The lowest BCUT2D eigenvalue weighted by atomic mass is 9.53. The summed E-state index contributed by atoms with van der Waals surface area (Å²) < 4.78 is 51.7. The molecule has 1 spiro atoms. The van der Waals surface area contributed by atoms with Crippen LogP contribution in [-0.4, -0.2) is 60.9 Å². The van der Waals surface area contributed by atoms with E-state index in [9.17, 15) is 18.0 Å². The molecule has 3 aliphatic heterocycles. The van der Waals surface area contributed by atoms with E-state index < -0.39 is 11.7 Å². The number of nitrogens with zero attached hydrogens (tertiary/aromatic N) is 2. The summed E-state index contributed by atoms with van der Waals surface area (Å²) >= 11 is 0. The number of halogens is 4. The van der Waals surface area contributed by atoms with Crippen molar-refractivity contribution < 1.29 is 27.4 Å². The normalized spacial score (nSPS) is 40.8. The first-order valence-corrected chi connectivity index (χ1v) is 12.6. The number of carbonyl (C=O) groups is 1. The average molecular weight is 515 g/mol. The Morgan fingerprint density at radius 3 is 2.54 bits per heavy atom. The third-order valence-electron chi connectivity index (χ3n) is 9.67. The molecule has 3 saturated heterocycles. The van der Waals surface area contributed by atoms with Crippen molar-refractivity contribution in [3.8, 4) is 0 Å². The van der Waals surface area contributed by atoms with Crippen LogP contribution >= 0.6 is 12.4 Å². The molecule has 1 aromatic rings. The van der Waals surface area contributed by atoms with Crippen LogP contribution in [0.5, 0.6) is 0 Å². The number of esters is 1. The molecule has 0 bridgehead atoms. The Bertz CT molecular complexity index is 1000. The highest BCUT2D eigenvalue weighted by Crippen LogP contribution is 2.72. The van der Waals surface area contributed by atoms with Crippen molar-refractivity contribution in [1.82, 2.24) is 4.90 Å². The second-order valence-electron chi connectivity index (χ2n) is 11.6. The highest BCUT2D eigenvalue weighted by molar-refractivity contribution is 5.85. The summed E-state index contributed by atoms with van der Waals surface area (Å²) in [5.41, 5.74) is -0.116. The maximum absolute atomic E-state index is 13.1. The number of rotatable bonds is 3. The Hall–Kier alpha value is -1.51. The van der Waals surface area contributed by atoms with Crippen molar-refractivity contribution in [2.45, 2.75) is 69.4 Å². The molecule has 6 atom stereocenters. The molecule has 2 aliphatic carbocycles. The maximum atomic E-state index is 13.1. The highest BCUT2D eigenvalue weighted by atomic mass is 35.5. The average Bonchev–Trinajstić information content (AvgIpc) is 3.31. The molecule has 0 radical (unpaired) electrons. The molecule has 3 heterocycles. The van der Waals surface area contributed by atoms with Crippen LogP contribution in [0, 0.1) is 17.3 Å². The molecule has 35 heavy (non-hydrogen) atoms. The Balaban J connectivity index is 0.00000253. The monoisotopic (exact) mass is 514 g/mol. The summed E-state index contributed by atoms with van der Waals surface area (Å²) in [6.07, 6.45) is 0.810. The predicted octanol–water partition coefficient (Wildman–Crippen LogP) is 4.92. The van der Waals surface area contributed by atoms with Crippen LogP contribution in [-0.2, 0) is 20.4 Å². The van der Waals surface area contributed by atoms with Crippen LogP contribution in [0.25, 0.3) is 0 Å².